The fraction of sp³-hybridized carbons (Fsp3) is 0.462. The minimum absolute atomic E-state index is 0.0651. The summed E-state index contributed by atoms with van der Waals surface area (Å²) >= 11 is 5.85. The molecule has 0 unspecified atom stereocenters. The topological polar surface area (TPSA) is 46.3 Å². The third-order valence-corrected chi connectivity index (χ3v) is 3.48. The van der Waals surface area contributed by atoms with Gasteiger partial charge in [-0.05, 0) is 31.0 Å². The molecule has 1 aliphatic heterocycles. The lowest BCUT2D eigenvalue weighted by Gasteiger charge is -2.20. The first-order valence-electron chi connectivity index (χ1n) is 6.03. The molecule has 1 saturated heterocycles. The summed E-state index contributed by atoms with van der Waals surface area (Å²) < 4.78 is 0. The monoisotopic (exact) mass is 252 g/mol. The van der Waals surface area contributed by atoms with Gasteiger partial charge in [0.1, 0.15) is 0 Å². The summed E-state index contributed by atoms with van der Waals surface area (Å²) in [4.78, 5) is 14.2. The van der Waals surface area contributed by atoms with Crippen LogP contribution in [0.3, 0.4) is 0 Å². The Morgan fingerprint density at radius 3 is 2.41 bits per heavy atom. The molecule has 1 amide bonds. The molecule has 2 rings (SSSR count). The third kappa shape index (κ3) is 2.91. The summed E-state index contributed by atoms with van der Waals surface area (Å²) in [6, 6.07) is 5.09. The van der Waals surface area contributed by atoms with E-state index in [1.165, 1.54) is 12.8 Å². The number of likely N-dealkylation sites (tertiary alicyclic amines) is 1. The van der Waals surface area contributed by atoms with Gasteiger partial charge in [-0.3, -0.25) is 4.79 Å². The van der Waals surface area contributed by atoms with Crippen molar-refractivity contribution in [2.75, 3.05) is 18.8 Å². The SMILES string of the molecule is Nc1cc(C(=O)N2CCCCCC2)ccc1Cl. The number of hydrogen-bond donors (Lipinski definition) is 1. The largest absolute Gasteiger partial charge is 0.398 e. The second kappa shape index (κ2) is 5.41. The lowest BCUT2D eigenvalue weighted by molar-refractivity contribution is 0.0761. The Kier molecular flexibility index (Phi) is 3.89. The van der Waals surface area contributed by atoms with Crippen LogP contribution < -0.4 is 5.73 Å². The van der Waals surface area contributed by atoms with E-state index in [-0.39, 0.29) is 5.91 Å². The summed E-state index contributed by atoms with van der Waals surface area (Å²) in [5.74, 6) is 0.0651. The van der Waals surface area contributed by atoms with E-state index in [1.54, 1.807) is 18.2 Å². The van der Waals surface area contributed by atoms with Crippen molar-refractivity contribution in [2.45, 2.75) is 25.7 Å². The van der Waals surface area contributed by atoms with Crippen LogP contribution in [0.1, 0.15) is 36.0 Å². The fourth-order valence-electron chi connectivity index (χ4n) is 2.13. The average Bonchev–Trinajstić information content (AvgIpc) is 2.60. The second-order valence-corrected chi connectivity index (χ2v) is 4.85. The van der Waals surface area contributed by atoms with Crippen molar-refractivity contribution in [1.29, 1.82) is 0 Å². The highest BCUT2D eigenvalue weighted by molar-refractivity contribution is 6.33. The van der Waals surface area contributed by atoms with Gasteiger partial charge in [0.15, 0.2) is 0 Å². The van der Waals surface area contributed by atoms with Crippen LogP contribution >= 0.6 is 11.6 Å². The molecule has 1 fully saturated rings. The van der Waals surface area contributed by atoms with Crippen LogP contribution in [0.15, 0.2) is 18.2 Å². The first-order valence-corrected chi connectivity index (χ1v) is 6.40. The number of halogens is 1. The molecule has 1 aromatic rings. The summed E-state index contributed by atoms with van der Waals surface area (Å²) in [6.45, 7) is 1.70. The number of benzene rings is 1. The fourth-order valence-corrected chi connectivity index (χ4v) is 2.25. The van der Waals surface area contributed by atoms with Crippen molar-refractivity contribution in [2.24, 2.45) is 0 Å². The zero-order valence-electron chi connectivity index (χ0n) is 9.79. The predicted octanol–water partition coefficient (Wildman–Crippen LogP) is 2.94. The van der Waals surface area contributed by atoms with E-state index in [2.05, 4.69) is 0 Å². The van der Waals surface area contributed by atoms with E-state index < -0.39 is 0 Å². The van der Waals surface area contributed by atoms with Crippen molar-refractivity contribution in [3.05, 3.63) is 28.8 Å². The van der Waals surface area contributed by atoms with Crippen molar-refractivity contribution >= 4 is 23.2 Å². The molecule has 0 radical (unpaired) electrons. The van der Waals surface area contributed by atoms with Gasteiger partial charge in [0.2, 0.25) is 0 Å². The zero-order valence-corrected chi connectivity index (χ0v) is 10.5. The zero-order chi connectivity index (χ0) is 12.3. The molecule has 1 aromatic carbocycles. The molecule has 1 heterocycles. The van der Waals surface area contributed by atoms with Crippen LogP contribution in [0.5, 0.6) is 0 Å². The standard InChI is InChI=1S/C13H17ClN2O/c14-11-6-5-10(9-12(11)15)13(17)16-7-3-1-2-4-8-16/h5-6,9H,1-4,7-8,15H2. The maximum absolute atomic E-state index is 12.2. The number of nitrogen functional groups attached to an aromatic ring is 1. The highest BCUT2D eigenvalue weighted by atomic mass is 35.5. The maximum atomic E-state index is 12.2. The Morgan fingerprint density at radius 2 is 1.82 bits per heavy atom. The van der Waals surface area contributed by atoms with Gasteiger partial charge in [-0.2, -0.15) is 0 Å². The Hall–Kier alpha value is -1.22. The number of carbonyl (C=O) groups is 1. The van der Waals surface area contributed by atoms with E-state index in [9.17, 15) is 4.79 Å². The van der Waals surface area contributed by atoms with Crippen molar-refractivity contribution < 1.29 is 4.79 Å². The Morgan fingerprint density at radius 1 is 1.18 bits per heavy atom. The minimum atomic E-state index is 0.0651. The molecular weight excluding hydrogens is 236 g/mol. The molecule has 0 bridgehead atoms. The van der Waals surface area contributed by atoms with Crippen molar-refractivity contribution in [1.82, 2.24) is 4.90 Å². The summed E-state index contributed by atoms with van der Waals surface area (Å²) in [5, 5.41) is 0.498. The van der Waals surface area contributed by atoms with Crippen LogP contribution in [0.25, 0.3) is 0 Å². The maximum Gasteiger partial charge on any atom is 0.253 e. The Balaban J connectivity index is 2.14. The number of rotatable bonds is 1. The number of hydrogen-bond acceptors (Lipinski definition) is 2. The Bertz CT molecular complexity index is 412. The first-order chi connectivity index (χ1) is 8.18. The minimum Gasteiger partial charge on any atom is -0.398 e. The lowest BCUT2D eigenvalue weighted by atomic mass is 10.1. The van der Waals surface area contributed by atoms with Gasteiger partial charge in [-0.15, -0.1) is 0 Å². The van der Waals surface area contributed by atoms with Crippen LogP contribution in [0.4, 0.5) is 5.69 Å². The van der Waals surface area contributed by atoms with E-state index in [0.717, 1.165) is 25.9 Å². The number of amides is 1. The highest BCUT2D eigenvalue weighted by Crippen LogP contribution is 2.21. The smallest absolute Gasteiger partial charge is 0.253 e. The van der Waals surface area contributed by atoms with E-state index in [1.807, 2.05) is 4.90 Å². The van der Waals surface area contributed by atoms with Crippen molar-refractivity contribution in [3.8, 4) is 0 Å². The van der Waals surface area contributed by atoms with Gasteiger partial charge >= 0.3 is 0 Å². The molecule has 92 valence electrons. The van der Waals surface area contributed by atoms with E-state index in [4.69, 9.17) is 17.3 Å². The van der Waals surface area contributed by atoms with Gasteiger partial charge in [0.05, 0.1) is 10.7 Å². The Labute approximate surface area is 107 Å². The van der Waals surface area contributed by atoms with Gasteiger partial charge in [-0.1, -0.05) is 24.4 Å². The number of anilines is 1. The summed E-state index contributed by atoms with van der Waals surface area (Å²) in [6.07, 6.45) is 4.61. The first kappa shape index (κ1) is 12.2. The van der Waals surface area contributed by atoms with Gasteiger partial charge in [0, 0.05) is 18.7 Å². The molecule has 0 spiro atoms. The summed E-state index contributed by atoms with van der Waals surface area (Å²) in [7, 11) is 0. The molecule has 0 atom stereocenters. The molecule has 4 heteroatoms. The third-order valence-electron chi connectivity index (χ3n) is 3.14. The van der Waals surface area contributed by atoms with E-state index in [0.29, 0.717) is 16.3 Å². The quantitative estimate of drug-likeness (QED) is 0.781. The normalized spacial score (nSPS) is 16.6. The number of nitrogens with zero attached hydrogens (tertiary/aromatic N) is 1. The molecule has 0 aliphatic carbocycles. The number of nitrogens with two attached hydrogens (primary N) is 1. The summed E-state index contributed by atoms with van der Waals surface area (Å²) in [5.41, 5.74) is 6.81. The van der Waals surface area contributed by atoms with Gasteiger partial charge < -0.3 is 10.6 Å². The van der Waals surface area contributed by atoms with Crippen LogP contribution in [-0.4, -0.2) is 23.9 Å². The lowest BCUT2D eigenvalue weighted by Crippen LogP contribution is -2.31. The van der Waals surface area contributed by atoms with Gasteiger partial charge in [-0.25, -0.2) is 0 Å². The molecule has 1 aliphatic rings. The van der Waals surface area contributed by atoms with Crippen molar-refractivity contribution in [3.63, 3.8) is 0 Å². The predicted molar refractivity (Wildman–Crippen MR) is 70.2 cm³/mol. The van der Waals surface area contributed by atoms with Gasteiger partial charge in [0.25, 0.3) is 5.91 Å². The molecule has 17 heavy (non-hydrogen) atoms. The van der Waals surface area contributed by atoms with E-state index >= 15 is 0 Å². The van der Waals surface area contributed by atoms with Crippen LogP contribution in [-0.2, 0) is 0 Å². The molecule has 0 aromatic heterocycles. The highest BCUT2D eigenvalue weighted by Gasteiger charge is 2.17. The number of carbonyl (C=O) groups excluding carboxylic acids is 1. The molecular formula is C13H17ClN2O. The van der Waals surface area contributed by atoms with Crippen LogP contribution in [0.2, 0.25) is 5.02 Å². The van der Waals surface area contributed by atoms with Crippen LogP contribution in [0, 0.1) is 0 Å². The molecule has 3 nitrogen and oxygen atoms in total. The molecule has 0 saturated carbocycles. The second-order valence-electron chi connectivity index (χ2n) is 4.44. The molecule has 2 N–H and O–H groups in total. The average molecular weight is 253 g/mol.